The Morgan fingerprint density at radius 3 is 2.20 bits per heavy atom. The summed E-state index contributed by atoms with van der Waals surface area (Å²) in [5.74, 6) is -0.00238. The highest BCUT2D eigenvalue weighted by Crippen LogP contribution is 2.46. The normalized spacial score (nSPS) is 20.5. The van der Waals surface area contributed by atoms with Crippen molar-refractivity contribution in [3.63, 3.8) is 0 Å². The number of carbonyl (C=O) groups excluding carboxylic acids is 1. The van der Waals surface area contributed by atoms with Gasteiger partial charge in [0.05, 0.1) is 10.4 Å². The minimum absolute atomic E-state index is 0.00238. The van der Waals surface area contributed by atoms with Gasteiger partial charge in [0.2, 0.25) is 5.91 Å². The van der Waals surface area contributed by atoms with Crippen molar-refractivity contribution in [1.82, 2.24) is 5.32 Å². The summed E-state index contributed by atoms with van der Waals surface area (Å²) in [7, 11) is 0. The molecule has 1 unspecified atom stereocenters. The van der Waals surface area contributed by atoms with Crippen molar-refractivity contribution < 1.29 is 4.79 Å². The zero-order valence-corrected chi connectivity index (χ0v) is 10.7. The van der Waals surface area contributed by atoms with Crippen LogP contribution in [-0.2, 0) is 4.79 Å². The zero-order chi connectivity index (χ0) is 11.9. The van der Waals surface area contributed by atoms with Gasteiger partial charge in [-0.15, -0.1) is 0 Å². The van der Waals surface area contributed by atoms with Crippen LogP contribution in [0.25, 0.3) is 0 Å². The summed E-state index contributed by atoms with van der Waals surface area (Å²) in [6.07, 6.45) is 1.59. The Morgan fingerprint density at radius 2 is 1.93 bits per heavy atom. The first-order valence-electron chi connectivity index (χ1n) is 5.31. The molecule has 0 aliphatic heterocycles. The maximum absolute atomic E-state index is 11.9. The fourth-order valence-corrected chi connectivity index (χ4v) is 1.56. The van der Waals surface area contributed by atoms with E-state index in [1.54, 1.807) is 0 Å². The molecule has 86 valence electrons. The first-order valence-corrected chi connectivity index (χ1v) is 5.72. The number of amides is 1. The molecule has 3 N–H and O–H groups in total. The van der Waals surface area contributed by atoms with Crippen molar-refractivity contribution in [3.05, 3.63) is 0 Å². The van der Waals surface area contributed by atoms with Gasteiger partial charge in [-0.2, -0.15) is 0 Å². The Morgan fingerprint density at radius 1 is 1.47 bits per heavy atom. The highest BCUT2D eigenvalue weighted by molar-refractivity contribution is 7.80. The summed E-state index contributed by atoms with van der Waals surface area (Å²) in [6, 6.07) is 0.122. The maximum Gasteiger partial charge on any atom is 0.233 e. The lowest BCUT2D eigenvalue weighted by Crippen LogP contribution is -2.47. The van der Waals surface area contributed by atoms with Gasteiger partial charge in [-0.25, -0.2) is 0 Å². The van der Waals surface area contributed by atoms with Crippen LogP contribution in [0.15, 0.2) is 0 Å². The summed E-state index contributed by atoms with van der Waals surface area (Å²) in [5, 5.41) is 3.00. The second-order valence-corrected chi connectivity index (χ2v) is 5.95. The van der Waals surface area contributed by atoms with E-state index in [9.17, 15) is 4.79 Å². The lowest BCUT2D eigenvalue weighted by molar-refractivity contribution is -0.125. The van der Waals surface area contributed by atoms with Crippen LogP contribution in [0.4, 0.5) is 0 Å². The Balaban J connectivity index is 2.61. The predicted molar refractivity (Wildman–Crippen MR) is 65.5 cm³/mol. The molecule has 0 aromatic carbocycles. The van der Waals surface area contributed by atoms with Gasteiger partial charge in [0.15, 0.2) is 0 Å². The van der Waals surface area contributed by atoms with E-state index in [-0.39, 0.29) is 17.4 Å². The van der Waals surface area contributed by atoms with E-state index in [0.29, 0.717) is 4.99 Å². The van der Waals surface area contributed by atoms with E-state index in [1.165, 1.54) is 0 Å². The Labute approximate surface area is 96.8 Å². The van der Waals surface area contributed by atoms with Gasteiger partial charge in [-0.3, -0.25) is 4.79 Å². The largest absolute Gasteiger partial charge is 0.392 e. The number of carbonyl (C=O) groups is 1. The highest BCUT2D eigenvalue weighted by Gasteiger charge is 2.53. The Hall–Kier alpha value is -0.640. The number of hydrogen-bond donors (Lipinski definition) is 2. The molecule has 15 heavy (non-hydrogen) atoms. The van der Waals surface area contributed by atoms with Crippen LogP contribution in [0.2, 0.25) is 0 Å². The molecule has 0 aromatic heterocycles. The average molecular weight is 228 g/mol. The summed E-state index contributed by atoms with van der Waals surface area (Å²) in [6.45, 7) is 8.29. The molecule has 0 aromatic rings. The van der Waals surface area contributed by atoms with Crippen LogP contribution in [0.3, 0.4) is 0 Å². The summed E-state index contributed by atoms with van der Waals surface area (Å²) >= 11 is 4.93. The lowest BCUT2D eigenvalue weighted by Gasteiger charge is -2.29. The van der Waals surface area contributed by atoms with Crippen LogP contribution < -0.4 is 11.1 Å². The number of rotatable bonds is 3. The Bertz CT molecular complexity index is 289. The topological polar surface area (TPSA) is 55.1 Å². The molecule has 0 spiro atoms. The smallest absolute Gasteiger partial charge is 0.233 e. The number of nitrogens with one attached hydrogen (secondary N) is 1. The van der Waals surface area contributed by atoms with Crippen LogP contribution in [-0.4, -0.2) is 16.9 Å². The molecule has 1 aliphatic rings. The van der Waals surface area contributed by atoms with E-state index in [4.69, 9.17) is 18.0 Å². The van der Waals surface area contributed by atoms with Crippen LogP contribution in [0, 0.1) is 10.8 Å². The molecule has 1 saturated carbocycles. The van der Waals surface area contributed by atoms with Crippen molar-refractivity contribution in [3.8, 4) is 0 Å². The van der Waals surface area contributed by atoms with Crippen LogP contribution in [0.5, 0.6) is 0 Å². The van der Waals surface area contributed by atoms with Gasteiger partial charge in [0.1, 0.15) is 0 Å². The average Bonchev–Trinajstić information content (AvgIpc) is 2.81. The van der Waals surface area contributed by atoms with Gasteiger partial charge >= 0.3 is 0 Å². The predicted octanol–water partition coefficient (Wildman–Crippen LogP) is 1.60. The first kappa shape index (κ1) is 12.4. The third-order valence-corrected chi connectivity index (χ3v) is 3.69. The van der Waals surface area contributed by atoms with Crippen molar-refractivity contribution >= 4 is 23.1 Å². The zero-order valence-electron chi connectivity index (χ0n) is 9.89. The molecule has 1 fully saturated rings. The number of nitrogens with two attached hydrogens (primary N) is 1. The molecule has 0 bridgehead atoms. The number of hydrogen-bond acceptors (Lipinski definition) is 2. The molecule has 1 atom stereocenters. The molecule has 1 rings (SSSR count). The van der Waals surface area contributed by atoms with Crippen molar-refractivity contribution in [1.29, 1.82) is 0 Å². The molecule has 1 aliphatic carbocycles. The van der Waals surface area contributed by atoms with E-state index in [1.807, 2.05) is 6.92 Å². The van der Waals surface area contributed by atoms with E-state index >= 15 is 0 Å². The lowest BCUT2D eigenvalue weighted by atomic mass is 9.87. The minimum Gasteiger partial charge on any atom is -0.392 e. The van der Waals surface area contributed by atoms with Gasteiger partial charge in [-0.05, 0) is 25.2 Å². The fraction of sp³-hybridized carbons (Fsp3) is 0.818. The van der Waals surface area contributed by atoms with Crippen LogP contribution in [0.1, 0.15) is 40.5 Å². The maximum atomic E-state index is 11.9. The van der Waals surface area contributed by atoms with Crippen LogP contribution >= 0.6 is 12.2 Å². The molecule has 3 nitrogen and oxygen atoms in total. The SMILES string of the molecule is CC(NC(=O)C1(C(N)=S)CC1)C(C)(C)C. The van der Waals surface area contributed by atoms with E-state index in [0.717, 1.165) is 12.8 Å². The first-order chi connectivity index (χ1) is 6.70. The second kappa shape index (κ2) is 3.74. The van der Waals surface area contributed by atoms with Gasteiger partial charge in [0.25, 0.3) is 0 Å². The van der Waals surface area contributed by atoms with E-state index in [2.05, 4.69) is 26.1 Å². The van der Waals surface area contributed by atoms with Gasteiger partial charge < -0.3 is 11.1 Å². The number of thiocarbonyl (C=S) groups is 1. The van der Waals surface area contributed by atoms with Gasteiger partial charge in [0, 0.05) is 6.04 Å². The van der Waals surface area contributed by atoms with Crippen molar-refractivity contribution in [2.45, 2.75) is 46.6 Å². The standard InChI is InChI=1S/C11H20N2OS/c1-7(10(2,3)4)13-9(14)11(5-6-11)8(12)15/h7H,5-6H2,1-4H3,(H2,12,15)(H,13,14). The fourth-order valence-electron chi connectivity index (χ4n) is 1.26. The Kier molecular flexibility index (Phi) is 3.10. The molecule has 0 radical (unpaired) electrons. The molecule has 0 saturated heterocycles. The third-order valence-electron chi connectivity index (χ3n) is 3.30. The molecular formula is C11H20N2OS. The molecule has 0 heterocycles. The molecular weight excluding hydrogens is 208 g/mol. The van der Waals surface area contributed by atoms with Gasteiger partial charge in [-0.1, -0.05) is 33.0 Å². The summed E-state index contributed by atoms with van der Waals surface area (Å²) in [5.41, 5.74) is 5.11. The quantitative estimate of drug-likeness (QED) is 0.721. The monoisotopic (exact) mass is 228 g/mol. The van der Waals surface area contributed by atoms with Crippen molar-refractivity contribution in [2.24, 2.45) is 16.6 Å². The highest BCUT2D eigenvalue weighted by atomic mass is 32.1. The molecule has 1 amide bonds. The van der Waals surface area contributed by atoms with Crippen molar-refractivity contribution in [2.75, 3.05) is 0 Å². The third kappa shape index (κ3) is 2.48. The minimum atomic E-state index is -0.533. The summed E-state index contributed by atoms with van der Waals surface area (Å²) < 4.78 is 0. The molecule has 4 heteroatoms. The second-order valence-electron chi connectivity index (χ2n) is 5.51. The summed E-state index contributed by atoms with van der Waals surface area (Å²) in [4.78, 5) is 12.3. The van der Waals surface area contributed by atoms with E-state index < -0.39 is 5.41 Å².